The molecule has 1 aliphatic heterocycles. The van der Waals surface area contributed by atoms with Crippen molar-refractivity contribution >= 4 is 11.8 Å². The molecule has 1 aromatic heterocycles. The minimum absolute atomic E-state index is 0.610. The molecule has 54 valence electrons. The van der Waals surface area contributed by atoms with Crippen molar-refractivity contribution in [3.05, 3.63) is 18.0 Å². The molecule has 0 aromatic carbocycles. The molecule has 2 heterocycles. The molecular formula is C7H9NOS. The minimum atomic E-state index is 0.610. The molecule has 0 N–H and O–H groups in total. The van der Waals surface area contributed by atoms with E-state index < -0.39 is 0 Å². The standard InChI is InChI=1S/C7H9NOS/c1-2-7(10-5-1)6-3-4-9-8-6/h3-4,7H,1-2,5H2. The van der Waals surface area contributed by atoms with Gasteiger partial charge in [0.1, 0.15) is 6.26 Å². The molecule has 0 spiro atoms. The number of rotatable bonds is 1. The maximum absolute atomic E-state index is 4.76. The van der Waals surface area contributed by atoms with Crippen LogP contribution < -0.4 is 0 Å². The van der Waals surface area contributed by atoms with Gasteiger partial charge in [0.2, 0.25) is 0 Å². The molecule has 0 amide bonds. The lowest BCUT2D eigenvalue weighted by Gasteiger charge is -1.99. The third-order valence-electron chi connectivity index (χ3n) is 1.72. The number of hydrogen-bond donors (Lipinski definition) is 0. The van der Waals surface area contributed by atoms with E-state index in [9.17, 15) is 0 Å². The summed E-state index contributed by atoms with van der Waals surface area (Å²) in [6.07, 6.45) is 4.23. The molecule has 0 aliphatic carbocycles. The Bertz CT molecular complexity index is 191. The highest BCUT2D eigenvalue weighted by Gasteiger charge is 2.19. The molecule has 0 saturated carbocycles. The van der Waals surface area contributed by atoms with Crippen molar-refractivity contribution in [2.24, 2.45) is 0 Å². The normalized spacial score (nSPS) is 25.4. The third kappa shape index (κ3) is 1.06. The predicted octanol–water partition coefficient (Wildman–Crippen LogP) is 2.24. The van der Waals surface area contributed by atoms with Gasteiger partial charge in [0.25, 0.3) is 0 Å². The van der Waals surface area contributed by atoms with Crippen molar-refractivity contribution in [2.45, 2.75) is 18.1 Å². The molecule has 2 rings (SSSR count). The fourth-order valence-corrected chi connectivity index (χ4v) is 2.44. The summed E-state index contributed by atoms with van der Waals surface area (Å²) >= 11 is 1.98. The molecule has 1 fully saturated rings. The summed E-state index contributed by atoms with van der Waals surface area (Å²) in [5.41, 5.74) is 1.11. The molecular weight excluding hydrogens is 146 g/mol. The first-order valence-electron chi connectivity index (χ1n) is 3.49. The van der Waals surface area contributed by atoms with Crippen LogP contribution in [0.3, 0.4) is 0 Å². The van der Waals surface area contributed by atoms with Crippen LogP contribution in [-0.2, 0) is 0 Å². The van der Waals surface area contributed by atoms with Gasteiger partial charge < -0.3 is 4.52 Å². The van der Waals surface area contributed by atoms with Crippen LogP contribution >= 0.6 is 11.8 Å². The monoisotopic (exact) mass is 155 g/mol. The Hall–Kier alpha value is -0.440. The van der Waals surface area contributed by atoms with E-state index in [-0.39, 0.29) is 0 Å². The summed E-state index contributed by atoms with van der Waals surface area (Å²) < 4.78 is 4.76. The highest BCUT2D eigenvalue weighted by molar-refractivity contribution is 7.99. The lowest BCUT2D eigenvalue weighted by Crippen LogP contribution is -1.86. The largest absolute Gasteiger partial charge is 0.364 e. The van der Waals surface area contributed by atoms with Gasteiger partial charge in [0.15, 0.2) is 0 Å². The Morgan fingerprint density at radius 1 is 1.70 bits per heavy atom. The van der Waals surface area contributed by atoms with Crippen LogP contribution in [0.5, 0.6) is 0 Å². The molecule has 2 nitrogen and oxygen atoms in total. The topological polar surface area (TPSA) is 26.0 Å². The number of hydrogen-bond acceptors (Lipinski definition) is 3. The van der Waals surface area contributed by atoms with Gasteiger partial charge in [0, 0.05) is 6.07 Å². The van der Waals surface area contributed by atoms with Crippen molar-refractivity contribution in [1.82, 2.24) is 5.16 Å². The molecule has 10 heavy (non-hydrogen) atoms. The van der Waals surface area contributed by atoms with Crippen LogP contribution in [0.2, 0.25) is 0 Å². The quantitative estimate of drug-likeness (QED) is 0.622. The molecule has 1 atom stereocenters. The second-order valence-electron chi connectivity index (χ2n) is 2.43. The van der Waals surface area contributed by atoms with Gasteiger partial charge in [-0.3, -0.25) is 0 Å². The second-order valence-corrected chi connectivity index (χ2v) is 3.74. The van der Waals surface area contributed by atoms with Gasteiger partial charge in [-0.05, 0) is 18.6 Å². The minimum Gasteiger partial charge on any atom is -0.364 e. The Labute approximate surface area is 64.0 Å². The first-order chi connectivity index (χ1) is 4.97. The maximum atomic E-state index is 4.76. The van der Waals surface area contributed by atoms with Gasteiger partial charge in [-0.25, -0.2) is 0 Å². The molecule has 3 heteroatoms. The SMILES string of the molecule is c1cc(C2CCCS2)no1. The Kier molecular flexibility index (Phi) is 1.67. The van der Waals surface area contributed by atoms with Crippen LogP contribution in [0.1, 0.15) is 23.8 Å². The highest BCUT2D eigenvalue weighted by atomic mass is 32.2. The van der Waals surface area contributed by atoms with E-state index in [0.29, 0.717) is 5.25 Å². The van der Waals surface area contributed by atoms with Crippen molar-refractivity contribution in [1.29, 1.82) is 0 Å². The van der Waals surface area contributed by atoms with Gasteiger partial charge in [-0.1, -0.05) is 5.16 Å². The fourth-order valence-electron chi connectivity index (χ4n) is 1.20. The van der Waals surface area contributed by atoms with E-state index in [1.165, 1.54) is 18.6 Å². The molecule has 0 radical (unpaired) electrons. The first-order valence-corrected chi connectivity index (χ1v) is 4.53. The van der Waals surface area contributed by atoms with Gasteiger partial charge in [-0.15, -0.1) is 0 Å². The fraction of sp³-hybridized carbons (Fsp3) is 0.571. The predicted molar refractivity (Wildman–Crippen MR) is 40.9 cm³/mol. The van der Waals surface area contributed by atoms with Gasteiger partial charge in [-0.2, -0.15) is 11.8 Å². The van der Waals surface area contributed by atoms with Gasteiger partial charge >= 0.3 is 0 Å². The summed E-state index contributed by atoms with van der Waals surface area (Å²) in [5, 5.41) is 4.51. The van der Waals surface area contributed by atoms with Gasteiger partial charge in [0.05, 0.1) is 10.9 Å². The van der Waals surface area contributed by atoms with Crippen molar-refractivity contribution < 1.29 is 4.52 Å². The second kappa shape index (κ2) is 2.66. The Morgan fingerprint density at radius 2 is 2.70 bits per heavy atom. The molecule has 1 aliphatic rings. The zero-order valence-corrected chi connectivity index (χ0v) is 6.43. The first kappa shape index (κ1) is 6.28. The summed E-state index contributed by atoms with van der Waals surface area (Å²) in [4.78, 5) is 0. The van der Waals surface area contributed by atoms with Crippen molar-refractivity contribution in [3.63, 3.8) is 0 Å². The zero-order chi connectivity index (χ0) is 6.81. The lowest BCUT2D eigenvalue weighted by molar-refractivity contribution is 0.410. The molecule has 0 bridgehead atoms. The van der Waals surface area contributed by atoms with E-state index in [2.05, 4.69) is 5.16 Å². The van der Waals surface area contributed by atoms with E-state index in [4.69, 9.17) is 4.52 Å². The number of thioether (sulfide) groups is 1. The smallest absolute Gasteiger partial charge is 0.124 e. The zero-order valence-electron chi connectivity index (χ0n) is 5.62. The number of aromatic nitrogens is 1. The van der Waals surface area contributed by atoms with E-state index >= 15 is 0 Å². The summed E-state index contributed by atoms with van der Waals surface area (Å²) in [5.74, 6) is 1.28. The lowest BCUT2D eigenvalue weighted by atomic mass is 10.2. The average Bonchev–Trinajstić information content (AvgIpc) is 2.59. The van der Waals surface area contributed by atoms with E-state index in [1.54, 1.807) is 6.26 Å². The van der Waals surface area contributed by atoms with Crippen molar-refractivity contribution in [3.8, 4) is 0 Å². The summed E-state index contributed by atoms with van der Waals surface area (Å²) in [7, 11) is 0. The van der Waals surface area contributed by atoms with Crippen LogP contribution in [0.4, 0.5) is 0 Å². The van der Waals surface area contributed by atoms with Crippen LogP contribution in [0, 0.1) is 0 Å². The molecule has 1 unspecified atom stereocenters. The Balaban J connectivity index is 2.12. The highest BCUT2D eigenvalue weighted by Crippen LogP contribution is 2.38. The third-order valence-corrected chi connectivity index (χ3v) is 3.12. The molecule has 1 aromatic rings. The van der Waals surface area contributed by atoms with E-state index in [1.807, 2.05) is 17.8 Å². The maximum Gasteiger partial charge on any atom is 0.124 e. The van der Waals surface area contributed by atoms with E-state index in [0.717, 1.165) is 5.69 Å². The van der Waals surface area contributed by atoms with Crippen LogP contribution in [0.25, 0.3) is 0 Å². The molecule has 1 saturated heterocycles. The Morgan fingerprint density at radius 3 is 3.30 bits per heavy atom. The van der Waals surface area contributed by atoms with Crippen molar-refractivity contribution in [2.75, 3.05) is 5.75 Å². The average molecular weight is 155 g/mol. The van der Waals surface area contributed by atoms with Crippen LogP contribution in [0.15, 0.2) is 16.9 Å². The van der Waals surface area contributed by atoms with Crippen LogP contribution in [-0.4, -0.2) is 10.9 Å². The number of nitrogens with zero attached hydrogens (tertiary/aromatic N) is 1. The summed E-state index contributed by atoms with van der Waals surface area (Å²) in [6.45, 7) is 0. The summed E-state index contributed by atoms with van der Waals surface area (Å²) in [6, 6.07) is 1.96.